The van der Waals surface area contributed by atoms with Gasteiger partial charge in [0.25, 0.3) is 0 Å². The van der Waals surface area contributed by atoms with E-state index in [2.05, 4.69) is 6.07 Å². The second kappa shape index (κ2) is 5.00. The highest BCUT2D eigenvalue weighted by Gasteiger charge is 2.20. The highest BCUT2D eigenvalue weighted by molar-refractivity contribution is 5.34. The minimum absolute atomic E-state index is 0.152. The normalized spacial score (nSPS) is 24.8. The Morgan fingerprint density at radius 3 is 2.31 bits per heavy atom. The van der Waals surface area contributed by atoms with Crippen molar-refractivity contribution in [2.75, 3.05) is 0 Å². The lowest BCUT2D eigenvalue weighted by Crippen LogP contribution is -2.26. The van der Waals surface area contributed by atoms with E-state index in [-0.39, 0.29) is 12.2 Å². The summed E-state index contributed by atoms with van der Waals surface area (Å²) in [6.45, 7) is 0. The minimum Gasteiger partial charge on any atom is -0.490 e. The van der Waals surface area contributed by atoms with Crippen LogP contribution in [0.3, 0.4) is 0 Å². The van der Waals surface area contributed by atoms with Crippen molar-refractivity contribution < 1.29 is 9.84 Å². The fourth-order valence-corrected chi connectivity index (χ4v) is 1.96. The minimum atomic E-state index is -0.152. The van der Waals surface area contributed by atoms with Crippen molar-refractivity contribution in [3.05, 3.63) is 29.8 Å². The maximum absolute atomic E-state index is 9.37. The molecule has 1 aliphatic rings. The van der Waals surface area contributed by atoms with Crippen molar-refractivity contribution in [1.29, 1.82) is 5.26 Å². The summed E-state index contributed by atoms with van der Waals surface area (Å²) in [5.74, 6) is 0.806. The summed E-state index contributed by atoms with van der Waals surface area (Å²) in [6, 6.07) is 9.23. The van der Waals surface area contributed by atoms with Gasteiger partial charge in [-0.3, -0.25) is 0 Å². The first-order valence-corrected chi connectivity index (χ1v) is 5.63. The van der Waals surface area contributed by atoms with Crippen LogP contribution in [0.25, 0.3) is 0 Å². The molecule has 0 aliphatic heterocycles. The van der Waals surface area contributed by atoms with Gasteiger partial charge in [-0.05, 0) is 49.9 Å². The number of hydrogen-bond donors (Lipinski definition) is 1. The molecule has 1 aliphatic carbocycles. The highest BCUT2D eigenvalue weighted by atomic mass is 16.5. The molecule has 84 valence electrons. The molecule has 1 fully saturated rings. The average Bonchev–Trinajstić information content (AvgIpc) is 2.33. The fourth-order valence-electron chi connectivity index (χ4n) is 1.96. The number of aliphatic hydroxyl groups excluding tert-OH is 1. The molecule has 0 unspecified atom stereocenters. The van der Waals surface area contributed by atoms with Gasteiger partial charge in [-0.2, -0.15) is 5.26 Å². The predicted molar refractivity (Wildman–Crippen MR) is 60.0 cm³/mol. The van der Waals surface area contributed by atoms with E-state index < -0.39 is 0 Å². The second-order valence-corrected chi connectivity index (χ2v) is 4.18. The molecule has 0 heterocycles. The molecule has 0 bridgehead atoms. The predicted octanol–water partition coefficient (Wildman–Crippen LogP) is 2.24. The third kappa shape index (κ3) is 2.74. The van der Waals surface area contributed by atoms with E-state index in [1.54, 1.807) is 12.1 Å². The molecule has 1 aromatic rings. The Morgan fingerprint density at radius 1 is 1.12 bits per heavy atom. The molecule has 16 heavy (non-hydrogen) atoms. The number of ether oxygens (including phenoxy) is 1. The number of rotatable bonds is 2. The largest absolute Gasteiger partial charge is 0.490 e. The fraction of sp³-hybridized carbons (Fsp3) is 0.462. The Kier molecular flexibility index (Phi) is 3.43. The van der Waals surface area contributed by atoms with Crippen molar-refractivity contribution in [3.63, 3.8) is 0 Å². The van der Waals surface area contributed by atoms with Gasteiger partial charge in [0.2, 0.25) is 0 Å². The third-order valence-electron chi connectivity index (χ3n) is 2.93. The van der Waals surface area contributed by atoms with Gasteiger partial charge in [-0.1, -0.05) is 0 Å². The molecule has 1 aromatic carbocycles. The smallest absolute Gasteiger partial charge is 0.119 e. The van der Waals surface area contributed by atoms with Crippen LogP contribution in [0.2, 0.25) is 0 Å². The summed E-state index contributed by atoms with van der Waals surface area (Å²) < 4.78 is 5.78. The van der Waals surface area contributed by atoms with Crippen LogP contribution in [0, 0.1) is 11.3 Å². The molecule has 0 spiro atoms. The van der Waals surface area contributed by atoms with E-state index in [1.165, 1.54) is 0 Å². The van der Waals surface area contributed by atoms with Gasteiger partial charge in [0.15, 0.2) is 0 Å². The standard InChI is InChI=1S/C13H15NO2/c14-9-10-1-5-12(6-2-10)16-13-7-3-11(15)4-8-13/h1-2,5-6,11,13,15H,3-4,7-8H2/t11-,13+. The van der Waals surface area contributed by atoms with Gasteiger partial charge in [-0.25, -0.2) is 0 Å². The quantitative estimate of drug-likeness (QED) is 0.826. The first kappa shape index (κ1) is 11.0. The van der Waals surface area contributed by atoms with E-state index in [0.717, 1.165) is 31.4 Å². The molecule has 1 N–H and O–H groups in total. The summed E-state index contributed by atoms with van der Waals surface area (Å²) in [7, 11) is 0. The number of benzene rings is 1. The van der Waals surface area contributed by atoms with Crippen LogP contribution < -0.4 is 4.74 Å². The average molecular weight is 217 g/mol. The van der Waals surface area contributed by atoms with Crippen molar-refractivity contribution in [1.82, 2.24) is 0 Å². The van der Waals surface area contributed by atoms with E-state index in [1.807, 2.05) is 12.1 Å². The van der Waals surface area contributed by atoms with Crippen LogP contribution in [0.5, 0.6) is 5.75 Å². The Morgan fingerprint density at radius 2 is 1.75 bits per heavy atom. The zero-order valence-electron chi connectivity index (χ0n) is 9.10. The van der Waals surface area contributed by atoms with Gasteiger partial charge < -0.3 is 9.84 Å². The summed E-state index contributed by atoms with van der Waals surface area (Å²) in [5.41, 5.74) is 0.645. The topological polar surface area (TPSA) is 53.2 Å². The van der Waals surface area contributed by atoms with Crippen LogP contribution in [0.4, 0.5) is 0 Å². The molecule has 2 rings (SSSR count). The molecule has 0 saturated heterocycles. The first-order valence-electron chi connectivity index (χ1n) is 5.63. The summed E-state index contributed by atoms with van der Waals surface area (Å²) >= 11 is 0. The molecule has 1 saturated carbocycles. The zero-order valence-corrected chi connectivity index (χ0v) is 9.10. The number of nitriles is 1. The zero-order chi connectivity index (χ0) is 11.4. The lowest BCUT2D eigenvalue weighted by Gasteiger charge is -2.26. The maximum Gasteiger partial charge on any atom is 0.119 e. The van der Waals surface area contributed by atoms with Crippen molar-refractivity contribution in [2.24, 2.45) is 0 Å². The molecular weight excluding hydrogens is 202 g/mol. The van der Waals surface area contributed by atoms with Crippen molar-refractivity contribution >= 4 is 0 Å². The van der Waals surface area contributed by atoms with Gasteiger partial charge >= 0.3 is 0 Å². The van der Waals surface area contributed by atoms with E-state index in [9.17, 15) is 5.11 Å². The monoisotopic (exact) mass is 217 g/mol. The van der Waals surface area contributed by atoms with Gasteiger partial charge in [-0.15, -0.1) is 0 Å². The van der Waals surface area contributed by atoms with Crippen LogP contribution in [-0.4, -0.2) is 17.3 Å². The van der Waals surface area contributed by atoms with Crippen LogP contribution in [0.1, 0.15) is 31.2 Å². The Bertz CT molecular complexity index is 372. The summed E-state index contributed by atoms with van der Waals surface area (Å²) in [6.07, 6.45) is 3.50. The lowest BCUT2D eigenvalue weighted by molar-refractivity contribution is 0.0666. The molecule has 3 nitrogen and oxygen atoms in total. The molecule has 0 radical (unpaired) electrons. The maximum atomic E-state index is 9.37. The second-order valence-electron chi connectivity index (χ2n) is 4.18. The van der Waals surface area contributed by atoms with E-state index in [0.29, 0.717) is 5.56 Å². The van der Waals surface area contributed by atoms with Gasteiger partial charge in [0.1, 0.15) is 5.75 Å². The summed E-state index contributed by atoms with van der Waals surface area (Å²) in [5, 5.41) is 18.0. The lowest BCUT2D eigenvalue weighted by atomic mass is 9.95. The number of hydrogen-bond acceptors (Lipinski definition) is 3. The number of aliphatic hydroxyl groups is 1. The van der Waals surface area contributed by atoms with Gasteiger partial charge in [0.05, 0.1) is 23.8 Å². The first-order chi connectivity index (χ1) is 7.78. The van der Waals surface area contributed by atoms with Gasteiger partial charge in [0, 0.05) is 0 Å². The Labute approximate surface area is 95.3 Å². The van der Waals surface area contributed by atoms with Crippen LogP contribution in [-0.2, 0) is 0 Å². The van der Waals surface area contributed by atoms with E-state index >= 15 is 0 Å². The Hall–Kier alpha value is -1.53. The SMILES string of the molecule is N#Cc1ccc(O[C@H]2CC[C@@H](O)CC2)cc1. The third-order valence-corrected chi connectivity index (χ3v) is 2.93. The molecule has 3 heteroatoms. The highest BCUT2D eigenvalue weighted by Crippen LogP contribution is 2.23. The molecule has 0 amide bonds. The molecule has 0 aromatic heterocycles. The van der Waals surface area contributed by atoms with Crippen LogP contribution >= 0.6 is 0 Å². The van der Waals surface area contributed by atoms with Crippen LogP contribution in [0.15, 0.2) is 24.3 Å². The number of nitrogens with zero attached hydrogens (tertiary/aromatic N) is 1. The summed E-state index contributed by atoms with van der Waals surface area (Å²) in [4.78, 5) is 0. The molecule has 0 atom stereocenters. The van der Waals surface area contributed by atoms with Crippen molar-refractivity contribution in [2.45, 2.75) is 37.9 Å². The van der Waals surface area contributed by atoms with E-state index in [4.69, 9.17) is 10.00 Å². The Balaban J connectivity index is 1.91. The van der Waals surface area contributed by atoms with Crippen molar-refractivity contribution in [3.8, 4) is 11.8 Å². The molecular formula is C13H15NO2.